The van der Waals surface area contributed by atoms with Crippen molar-refractivity contribution < 1.29 is 24.2 Å². The minimum absolute atomic E-state index is 0.195. The van der Waals surface area contributed by atoms with Gasteiger partial charge < -0.3 is 19.4 Å². The summed E-state index contributed by atoms with van der Waals surface area (Å²) in [7, 11) is 3.06. The van der Waals surface area contributed by atoms with Crippen LogP contribution in [0.1, 0.15) is 19.4 Å². The lowest BCUT2D eigenvalue weighted by Gasteiger charge is -2.30. The third-order valence-corrected chi connectivity index (χ3v) is 5.03. The van der Waals surface area contributed by atoms with Crippen LogP contribution < -0.4 is 14.6 Å². The number of aliphatic carboxylic acids is 1. The number of carboxylic acid groups (broad SMARTS) is 1. The summed E-state index contributed by atoms with van der Waals surface area (Å²) in [5.41, 5.74) is 0.636. The first-order valence-corrected chi connectivity index (χ1v) is 8.72. The molecule has 0 aromatic heterocycles. The molecule has 1 fully saturated rings. The molecule has 1 aromatic rings. The maximum Gasteiger partial charge on any atom is 0.266 e. The molecule has 134 valence electrons. The summed E-state index contributed by atoms with van der Waals surface area (Å²) in [6, 6.07) is 4.09. The van der Waals surface area contributed by atoms with Gasteiger partial charge in [-0.25, -0.2) is 0 Å². The number of hydrogen-bond acceptors (Lipinski definition) is 7. The average molecular weight is 380 g/mol. The molecular weight excluding hydrogens is 362 g/mol. The Labute approximate surface area is 155 Å². The van der Waals surface area contributed by atoms with E-state index < -0.39 is 17.9 Å². The number of carbonyl (C=O) groups excluding carboxylic acids is 2. The number of hydrogen-bond donors (Lipinski definition) is 0. The standard InChI is InChI=1S/C17H19NO5S2/c1-9(2)14(16(20)21)18-15(19)13(25-17(18)24)8-10-7-11(22-3)5-6-12(10)23-4/h5-9,14H,1-4H3,(H,20,21)/p-1/t14-/m1/s1. The summed E-state index contributed by atoms with van der Waals surface area (Å²) >= 11 is 6.27. The topological polar surface area (TPSA) is 78.9 Å². The third-order valence-electron chi connectivity index (χ3n) is 3.70. The molecule has 1 aliphatic rings. The number of nitrogens with zero attached hydrogens (tertiary/aromatic N) is 1. The van der Waals surface area contributed by atoms with Crippen LogP contribution in [0.25, 0.3) is 6.08 Å². The van der Waals surface area contributed by atoms with Gasteiger partial charge in [0.15, 0.2) is 0 Å². The van der Waals surface area contributed by atoms with Gasteiger partial charge in [0.1, 0.15) is 15.8 Å². The van der Waals surface area contributed by atoms with Gasteiger partial charge in [0.2, 0.25) is 0 Å². The van der Waals surface area contributed by atoms with E-state index in [-0.39, 0.29) is 10.2 Å². The van der Waals surface area contributed by atoms with Crippen molar-refractivity contribution in [1.29, 1.82) is 0 Å². The van der Waals surface area contributed by atoms with Gasteiger partial charge in [-0.2, -0.15) is 0 Å². The maximum absolute atomic E-state index is 12.7. The van der Waals surface area contributed by atoms with Crippen LogP contribution in [0.3, 0.4) is 0 Å². The molecule has 0 saturated carbocycles. The van der Waals surface area contributed by atoms with Gasteiger partial charge in [0, 0.05) is 5.56 Å². The van der Waals surface area contributed by atoms with E-state index in [1.807, 2.05) is 0 Å². The highest BCUT2D eigenvalue weighted by atomic mass is 32.2. The van der Waals surface area contributed by atoms with Crippen molar-refractivity contribution in [3.05, 3.63) is 28.7 Å². The molecule has 1 heterocycles. The lowest BCUT2D eigenvalue weighted by atomic mass is 10.0. The van der Waals surface area contributed by atoms with Gasteiger partial charge in [0.25, 0.3) is 5.91 Å². The second kappa shape index (κ2) is 7.88. The van der Waals surface area contributed by atoms with Crippen LogP contribution in [0.15, 0.2) is 23.1 Å². The normalized spacial score (nSPS) is 17.3. The van der Waals surface area contributed by atoms with Crippen molar-refractivity contribution in [3.8, 4) is 11.5 Å². The zero-order valence-corrected chi connectivity index (χ0v) is 15.9. The lowest BCUT2D eigenvalue weighted by molar-refractivity contribution is -0.311. The molecule has 1 saturated heterocycles. The average Bonchev–Trinajstić information content (AvgIpc) is 2.82. The summed E-state index contributed by atoms with van der Waals surface area (Å²) in [5.74, 6) is -0.948. The Bertz CT molecular complexity index is 745. The number of carbonyl (C=O) groups is 2. The van der Waals surface area contributed by atoms with E-state index in [0.29, 0.717) is 22.0 Å². The number of thiocarbonyl (C=S) groups is 1. The largest absolute Gasteiger partial charge is 0.548 e. The minimum Gasteiger partial charge on any atom is -0.548 e. The van der Waals surface area contributed by atoms with Crippen molar-refractivity contribution in [1.82, 2.24) is 4.90 Å². The highest BCUT2D eigenvalue weighted by Crippen LogP contribution is 2.37. The second-order valence-electron chi connectivity index (χ2n) is 5.67. The Morgan fingerprint density at radius 3 is 2.52 bits per heavy atom. The molecule has 2 rings (SSSR count). The second-order valence-corrected chi connectivity index (χ2v) is 7.34. The zero-order valence-electron chi connectivity index (χ0n) is 14.3. The highest BCUT2D eigenvalue weighted by Gasteiger charge is 2.39. The quantitative estimate of drug-likeness (QED) is 0.549. The van der Waals surface area contributed by atoms with Gasteiger partial charge in [-0.3, -0.25) is 9.69 Å². The fourth-order valence-electron chi connectivity index (χ4n) is 2.49. The van der Waals surface area contributed by atoms with E-state index in [4.69, 9.17) is 21.7 Å². The number of methoxy groups -OCH3 is 2. The van der Waals surface area contributed by atoms with Crippen LogP contribution >= 0.6 is 24.0 Å². The van der Waals surface area contributed by atoms with Crippen LogP contribution in [0, 0.1) is 5.92 Å². The molecule has 25 heavy (non-hydrogen) atoms. The smallest absolute Gasteiger partial charge is 0.266 e. The van der Waals surface area contributed by atoms with E-state index >= 15 is 0 Å². The van der Waals surface area contributed by atoms with Gasteiger partial charge in [-0.05, 0) is 30.2 Å². The van der Waals surface area contributed by atoms with Crippen molar-refractivity contribution in [3.63, 3.8) is 0 Å². The number of thioether (sulfide) groups is 1. The first-order valence-electron chi connectivity index (χ1n) is 7.50. The van der Waals surface area contributed by atoms with Crippen molar-refractivity contribution >= 4 is 46.3 Å². The fraction of sp³-hybridized carbons (Fsp3) is 0.353. The van der Waals surface area contributed by atoms with Crippen molar-refractivity contribution in [2.45, 2.75) is 19.9 Å². The van der Waals surface area contributed by atoms with Crippen LogP contribution in [0.2, 0.25) is 0 Å². The molecular formula is C17H18NO5S2-. The van der Waals surface area contributed by atoms with Crippen LogP contribution in [0.5, 0.6) is 11.5 Å². The molecule has 8 heteroatoms. The first-order chi connectivity index (χ1) is 11.8. The fourth-order valence-corrected chi connectivity index (χ4v) is 3.81. The summed E-state index contributed by atoms with van der Waals surface area (Å²) < 4.78 is 10.7. The number of amides is 1. The lowest BCUT2D eigenvalue weighted by Crippen LogP contribution is -2.52. The molecule has 0 radical (unpaired) electrons. The summed E-state index contributed by atoms with van der Waals surface area (Å²) in [6.45, 7) is 3.40. The van der Waals surface area contributed by atoms with Gasteiger partial charge in [0.05, 0.1) is 31.1 Å². The number of carboxylic acids is 1. The first kappa shape index (κ1) is 19.3. The number of ether oxygens (including phenoxy) is 2. The van der Waals surface area contributed by atoms with Crippen molar-refractivity contribution in [2.75, 3.05) is 14.2 Å². The molecule has 1 aromatic carbocycles. The monoisotopic (exact) mass is 380 g/mol. The summed E-state index contributed by atoms with van der Waals surface area (Å²) in [6.07, 6.45) is 1.62. The van der Waals surface area contributed by atoms with Crippen LogP contribution in [-0.2, 0) is 9.59 Å². The number of benzene rings is 1. The Kier molecular flexibility index (Phi) is 6.07. The Morgan fingerprint density at radius 1 is 1.32 bits per heavy atom. The third kappa shape index (κ3) is 3.96. The predicted molar refractivity (Wildman–Crippen MR) is 98.2 cm³/mol. The van der Waals surface area contributed by atoms with Crippen molar-refractivity contribution in [2.24, 2.45) is 5.92 Å². The van der Waals surface area contributed by atoms with Gasteiger partial charge >= 0.3 is 0 Å². The molecule has 6 nitrogen and oxygen atoms in total. The van der Waals surface area contributed by atoms with Gasteiger partial charge in [-0.1, -0.05) is 37.8 Å². The van der Waals surface area contributed by atoms with E-state index in [1.165, 1.54) is 14.2 Å². The highest BCUT2D eigenvalue weighted by molar-refractivity contribution is 8.26. The predicted octanol–water partition coefficient (Wildman–Crippen LogP) is 1.68. The van der Waals surface area contributed by atoms with Crippen LogP contribution in [0.4, 0.5) is 0 Å². The number of rotatable bonds is 6. The summed E-state index contributed by atoms with van der Waals surface area (Å²) in [5, 5.41) is 11.4. The van der Waals surface area contributed by atoms with E-state index in [1.54, 1.807) is 38.1 Å². The maximum atomic E-state index is 12.7. The van der Waals surface area contributed by atoms with Crippen LogP contribution in [-0.4, -0.2) is 41.4 Å². The Hall–Kier alpha value is -2.06. The molecule has 1 atom stereocenters. The van der Waals surface area contributed by atoms with Gasteiger partial charge in [-0.15, -0.1) is 0 Å². The minimum atomic E-state index is -1.33. The molecule has 1 amide bonds. The zero-order chi connectivity index (χ0) is 18.7. The Morgan fingerprint density at radius 2 is 2.00 bits per heavy atom. The SMILES string of the molecule is COc1ccc(OC)c(C=C2SC(=S)N([C@@H](C(=O)[O-])C(C)C)C2=O)c1. The molecule has 0 spiro atoms. The van der Waals surface area contributed by atoms with E-state index in [2.05, 4.69) is 0 Å². The molecule has 1 aliphatic heterocycles. The van der Waals surface area contributed by atoms with E-state index in [9.17, 15) is 14.7 Å². The Balaban J connectivity index is 2.42. The summed E-state index contributed by atoms with van der Waals surface area (Å²) in [4.78, 5) is 25.6. The van der Waals surface area contributed by atoms with E-state index in [0.717, 1.165) is 16.7 Å². The molecule has 0 unspecified atom stereocenters. The molecule has 0 bridgehead atoms. The molecule has 0 aliphatic carbocycles. The molecule has 0 N–H and O–H groups in total.